The molecule has 0 aliphatic heterocycles. The van der Waals surface area contributed by atoms with Crippen molar-refractivity contribution in [2.24, 2.45) is 5.92 Å². The van der Waals surface area contributed by atoms with E-state index in [1.54, 1.807) is 18.2 Å². The summed E-state index contributed by atoms with van der Waals surface area (Å²) in [6.45, 7) is 3.65. The third-order valence-corrected chi connectivity index (χ3v) is 5.67. The van der Waals surface area contributed by atoms with Crippen molar-refractivity contribution in [1.29, 1.82) is 0 Å². The Morgan fingerprint density at radius 1 is 1.20 bits per heavy atom. The van der Waals surface area contributed by atoms with Crippen molar-refractivity contribution < 1.29 is 17.6 Å². The number of benzene rings is 2. The molecule has 0 radical (unpaired) electrons. The van der Waals surface area contributed by atoms with Crippen molar-refractivity contribution >= 4 is 44.2 Å². The highest BCUT2D eigenvalue weighted by molar-refractivity contribution is 7.92. The summed E-state index contributed by atoms with van der Waals surface area (Å²) in [6.07, 6.45) is 0. The molecular weight excluding hydrogens is 388 g/mol. The second kappa shape index (κ2) is 7.72. The molecule has 0 heterocycles. The summed E-state index contributed by atoms with van der Waals surface area (Å²) in [7, 11) is -4.02. The maximum Gasteiger partial charge on any atom is 0.264 e. The van der Waals surface area contributed by atoms with Crippen LogP contribution in [-0.4, -0.2) is 20.2 Å². The molecule has 2 rings (SSSR count). The SMILES string of the molecule is CC(C)CN(c1cc(F)c(Cl)cc1C(=O)Cl)S(=O)(=O)c1ccccc1. The molecule has 2 aromatic carbocycles. The highest BCUT2D eigenvalue weighted by atomic mass is 35.5. The van der Waals surface area contributed by atoms with Crippen LogP contribution in [0.4, 0.5) is 10.1 Å². The molecule has 0 unspecified atom stereocenters. The molecule has 0 N–H and O–H groups in total. The number of carbonyl (C=O) groups is 1. The second-order valence-electron chi connectivity index (χ2n) is 5.80. The first-order chi connectivity index (χ1) is 11.6. The van der Waals surface area contributed by atoms with Gasteiger partial charge in [0.05, 0.1) is 21.2 Å². The minimum Gasteiger partial charge on any atom is -0.276 e. The lowest BCUT2D eigenvalue weighted by Crippen LogP contribution is -2.35. The molecule has 0 aromatic heterocycles. The van der Waals surface area contributed by atoms with Gasteiger partial charge in [0, 0.05) is 12.6 Å². The van der Waals surface area contributed by atoms with E-state index in [0.717, 1.165) is 16.4 Å². The van der Waals surface area contributed by atoms with Gasteiger partial charge in [-0.2, -0.15) is 0 Å². The number of hydrogen-bond donors (Lipinski definition) is 0. The highest BCUT2D eigenvalue weighted by Crippen LogP contribution is 2.32. The van der Waals surface area contributed by atoms with Crippen molar-refractivity contribution in [2.45, 2.75) is 18.7 Å². The lowest BCUT2D eigenvalue weighted by Gasteiger charge is -2.27. The third-order valence-electron chi connectivity index (χ3n) is 3.38. The van der Waals surface area contributed by atoms with Gasteiger partial charge in [-0.15, -0.1) is 0 Å². The number of halogens is 3. The molecule has 0 atom stereocenters. The molecule has 134 valence electrons. The Balaban J connectivity index is 2.72. The molecule has 25 heavy (non-hydrogen) atoms. The van der Waals surface area contributed by atoms with Gasteiger partial charge in [-0.05, 0) is 35.7 Å². The maximum atomic E-state index is 14.0. The minimum absolute atomic E-state index is 0.0268. The van der Waals surface area contributed by atoms with E-state index in [0.29, 0.717) is 0 Å². The molecule has 0 fully saturated rings. The molecule has 0 aliphatic rings. The smallest absolute Gasteiger partial charge is 0.264 e. The third kappa shape index (κ3) is 4.32. The van der Waals surface area contributed by atoms with Gasteiger partial charge >= 0.3 is 0 Å². The zero-order valence-electron chi connectivity index (χ0n) is 13.5. The number of sulfonamides is 1. The Kier molecular flexibility index (Phi) is 6.08. The van der Waals surface area contributed by atoms with Crippen LogP contribution in [0, 0.1) is 11.7 Å². The minimum atomic E-state index is -4.02. The quantitative estimate of drug-likeness (QED) is 0.656. The van der Waals surface area contributed by atoms with Gasteiger partial charge < -0.3 is 0 Å². The summed E-state index contributed by atoms with van der Waals surface area (Å²) in [4.78, 5) is 11.8. The van der Waals surface area contributed by atoms with E-state index in [4.69, 9.17) is 23.2 Å². The zero-order valence-corrected chi connectivity index (χ0v) is 15.9. The first kappa shape index (κ1) is 19.7. The predicted molar refractivity (Wildman–Crippen MR) is 97.4 cm³/mol. The largest absolute Gasteiger partial charge is 0.276 e. The molecule has 0 aliphatic carbocycles. The van der Waals surface area contributed by atoms with E-state index in [1.165, 1.54) is 12.1 Å². The lowest BCUT2D eigenvalue weighted by molar-refractivity contribution is 0.108. The van der Waals surface area contributed by atoms with Crippen LogP contribution in [0.5, 0.6) is 0 Å². The van der Waals surface area contributed by atoms with Crippen LogP contribution < -0.4 is 4.31 Å². The fourth-order valence-corrected chi connectivity index (χ4v) is 4.25. The standard InChI is InChI=1S/C17H16Cl2FNO3S/c1-11(2)10-21(25(23,24)12-6-4-3-5-7-12)16-9-15(20)14(18)8-13(16)17(19)22/h3-9,11H,10H2,1-2H3. The maximum absolute atomic E-state index is 14.0. The van der Waals surface area contributed by atoms with Crippen molar-refractivity contribution in [3.8, 4) is 0 Å². The van der Waals surface area contributed by atoms with E-state index >= 15 is 0 Å². The van der Waals surface area contributed by atoms with Gasteiger partial charge in [-0.25, -0.2) is 12.8 Å². The fourth-order valence-electron chi connectivity index (χ4n) is 2.28. The van der Waals surface area contributed by atoms with Gasteiger partial charge in [0.15, 0.2) is 0 Å². The van der Waals surface area contributed by atoms with Gasteiger partial charge in [0.1, 0.15) is 5.82 Å². The van der Waals surface area contributed by atoms with Gasteiger partial charge in [-0.3, -0.25) is 9.10 Å². The van der Waals surface area contributed by atoms with Gasteiger partial charge in [0.25, 0.3) is 15.3 Å². The van der Waals surface area contributed by atoms with Crippen LogP contribution in [0.2, 0.25) is 5.02 Å². The molecule has 0 saturated carbocycles. The van der Waals surface area contributed by atoms with Crippen molar-refractivity contribution in [1.82, 2.24) is 0 Å². The van der Waals surface area contributed by atoms with E-state index in [1.807, 2.05) is 13.8 Å². The molecule has 2 aromatic rings. The highest BCUT2D eigenvalue weighted by Gasteiger charge is 2.29. The second-order valence-corrected chi connectivity index (χ2v) is 8.41. The number of anilines is 1. The van der Waals surface area contributed by atoms with Gasteiger partial charge in [0.2, 0.25) is 0 Å². The summed E-state index contributed by atoms with van der Waals surface area (Å²) in [5, 5.41) is -1.23. The molecule has 0 amide bonds. The predicted octanol–water partition coefficient (Wildman–Crippen LogP) is 4.71. The molecule has 4 nitrogen and oxygen atoms in total. The zero-order chi connectivity index (χ0) is 18.8. The van der Waals surface area contributed by atoms with Crippen LogP contribution in [0.15, 0.2) is 47.4 Å². The van der Waals surface area contributed by atoms with Crippen molar-refractivity contribution in [3.05, 3.63) is 58.9 Å². The van der Waals surface area contributed by atoms with Crippen LogP contribution in [0.3, 0.4) is 0 Å². The van der Waals surface area contributed by atoms with E-state index in [-0.39, 0.29) is 33.6 Å². The van der Waals surface area contributed by atoms with E-state index < -0.39 is 21.1 Å². The Bertz CT molecular complexity index is 886. The summed E-state index contributed by atoms with van der Waals surface area (Å²) >= 11 is 11.3. The van der Waals surface area contributed by atoms with Crippen LogP contribution in [-0.2, 0) is 10.0 Å². The number of rotatable bonds is 6. The van der Waals surface area contributed by atoms with Crippen LogP contribution >= 0.6 is 23.2 Å². The monoisotopic (exact) mass is 403 g/mol. The Morgan fingerprint density at radius 2 is 1.80 bits per heavy atom. The lowest BCUT2D eigenvalue weighted by atomic mass is 10.1. The van der Waals surface area contributed by atoms with E-state index in [9.17, 15) is 17.6 Å². The normalized spacial score (nSPS) is 11.6. The van der Waals surface area contributed by atoms with Crippen molar-refractivity contribution in [3.63, 3.8) is 0 Å². The summed E-state index contributed by atoms with van der Waals surface area (Å²) in [5.41, 5.74) is -0.312. The Labute approximate surface area is 156 Å². The number of hydrogen-bond acceptors (Lipinski definition) is 3. The number of carbonyl (C=O) groups excluding carboxylic acids is 1. The van der Waals surface area contributed by atoms with Crippen molar-refractivity contribution in [2.75, 3.05) is 10.8 Å². The average molecular weight is 404 g/mol. The summed E-state index contributed by atoms with van der Waals surface area (Å²) < 4.78 is 41.1. The Hall–Kier alpha value is -1.63. The van der Waals surface area contributed by atoms with Gasteiger partial charge in [-0.1, -0.05) is 43.6 Å². The summed E-state index contributed by atoms with van der Waals surface area (Å²) in [6, 6.07) is 9.65. The van der Waals surface area contributed by atoms with E-state index in [2.05, 4.69) is 0 Å². The molecule has 8 heteroatoms. The van der Waals surface area contributed by atoms with Crippen LogP contribution in [0.25, 0.3) is 0 Å². The number of nitrogens with zero attached hydrogens (tertiary/aromatic N) is 1. The first-order valence-corrected chi connectivity index (χ1v) is 9.61. The average Bonchev–Trinajstić information content (AvgIpc) is 2.55. The van der Waals surface area contributed by atoms with Crippen LogP contribution in [0.1, 0.15) is 24.2 Å². The molecular formula is C17H16Cl2FNO3S. The Morgan fingerprint density at radius 3 is 2.32 bits per heavy atom. The molecule has 0 bridgehead atoms. The first-order valence-electron chi connectivity index (χ1n) is 7.41. The topological polar surface area (TPSA) is 54.5 Å². The molecule has 0 spiro atoms. The fraction of sp³-hybridized carbons (Fsp3) is 0.235. The molecule has 0 saturated heterocycles. The summed E-state index contributed by atoms with van der Waals surface area (Å²) in [5.74, 6) is -0.925.